The first kappa shape index (κ1) is 72.2. The van der Waals surface area contributed by atoms with Crippen molar-refractivity contribution in [3.63, 3.8) is 0 Å². The van der Waals surface area contributed by atoms with Crippen LogP contribution in [0.2, 0.25) is 0 Å². The molecular weight excluding hydrogens is 1470 g/mol. The van der Waals surface area contributed by atoms with Gasteiger partial charge >= 0.3 is 0 Å². The van der Waals surface area contributed by atoms with Gasteiger partial charge in [0.25, 0.3) is 11.8 Å². The number of nitrogens with zero attached hydrogens (tertiary/aromatic N) is 4. The maximum absolute atomic E-state index is 14.9. The third-order valence-corrected chi connectivity index (χ3v) is 21.7. The Bertz CT molecular complexity index is 6980. The van der Waals surface area contributed by atoms with Crippen LogP contribution in [0.15, 0.2) is 340 Å². The molecule has 10 heterocycles. The SMILES string of the molecule is O=C(Nc1cc2[nH]c1c(-c1ccccc1)c1nc(c(-c3ccccc3)c3ccc([nH]3)c(-c3ccccc3)c3nc(c2-c2ccccc2)C=C3)C=C1)c1ccc(C#C/C=C\C#Cc2ccc(C(=O)Nc3cc4[nH]c3c(-c3ccccc3)c3nc(c(-c5ccccc5)c5ccc([nH]5)c(-c5ccccc5)c5nc(c4-c4ccccc4)C=C5)C=C3)cc2)cc1. The smallest absolute Gasteiger partial charge is 0.255 e. The van der Waals surface area contributed by atoms with Crippen molar-refractivity contribution in [1.29, 1.82) is 0 Å². The van der Waals surface area contributed by atoms with E-state index in [-0.39, 0.29) is 11.8 Å². The Morgan fingerprint density at radius 1 is 0.242 bits per heavy atom. The molecule has 0 fully saturated rings. The Hall–Kier alpha value is -16.8. The lowest BCUT2D eigenvalue weighted by atomic mass is 10.0. The minimum Gasteiger partial charge on any atom is -0.354 e. The van der Waals surface area contributed by atoms with Crippen LogP contribution in [0, 0.1) is 23.7 Å². The molecule has 6 N–H and O–H groups in total. The molecule has 16 aromatic rings. The molecule has 16 bridgehead atoms. The zero-order valence-electron chi connectivity index (χ0n) is 64.6. The van der Waals surface area contributed by atoms with Gasteiger partial charge in [-0.25, -0.2) is 19.9 Å². The van der Waals surface area contributed by atoms with Gasteiger partial charge in [-0.3, -0.25) is 9.59 Å². The van der Waals surface area contributed by atoms with Crippen molar-refractivity contribution in [3.8, 4) is 113 Å². The number of hydrogen-bond acceptors (Lipinski definition) is 6. The second-order valence-electron chi connectivity index (χ2n) is 29.2. The van der Waals surface area contributed by atoms with E-state index >= 15 is 0 Å². The molecule has 4 aliphatic rings. The number of allylic oxidation sites excluding steroid dienone is 2. The maximum Gasteiger partial charge on any atom is 0.255 e. The predicted molar refractivity (Wildman–Crippen MR) is 493 cm³/mol. The van der Waals surface area contributed by atoms with Crippen LogP contribution in [0.1, 0.15) is 77.4 Å². The van der Waals surface area contributed by atoms with Crippen LogP contribution >= 0.6 is 0 Å². The molecule has 0 aliphatic carbocycles. The van der Waals surface area contributed by atoms with Crippen LogP contribution in [0.3, 0.4) is 0 Å². The summed E-state index contributed by atoms with van der Waals surface area (Å²) in [4.78, 5) is 67.2. The number of anilines is 2. The third-order valence-electron chi connectivity index (χ3n) is 21.7. The Morgan fingerprint density at radius 3 is 0.700 bits per heavy atom. The topological polar surface area (TPSA) is 173 Å². The van der Waals surface area contributed by atoms with Gasteiger partial charge in [0, 0.05) is 88.8 Å². The number of H-pyrrole nitrogens is 4. The highest BCUT2D eigenvalue weighted by molar-refractivity contribution is 6.13. The van der Waals surface area contributed by atoms with E-state index in [0.29, 0.717) is 56.0 Å². The average molecular weight is 1540 g/mol. The molecule has 10 aromatic carbocycles. The van der Waals surface area contributed by atoms with Gasteiger partial charge in [-0.15, -0.1) is 0 Å². The van der Waals surface area contributed by atoms with Gasteiger partial charge in [0.05, 0.1) is 79.0 Å². The Labute approximate surface area is 691 Å². The predicted octanol–water partition coefficient (Wildman–Crippen LogP) is 25.4. The van der Waals surface area contributed by atoms with E-state index in [4.69, 9.17) is 19.9 Å². The normalized spacial score (nSPS) is 11.8. The number of aromatic amines is 4. The molecule has 12 nitrogen and oxygen atoms in total. The van der Waals surface area contributed by atoms with E-state index in [1.165, 1.54) is 0 Å². The molecular formula is C108H70N10O2. The van der Waals surface area contributed by atoms with Gasteiger partial charge in [-0.1, -0.05) is 266 Å². The monoisotopic (exact) mass is 1540 g/mol. The molecule has 0 unspecified atom stereocenters. The van der Waals surface area contributed by atoms with E-state index in [2.05, 4.69) is 224 Å². The highest BCUT2D eigenvalue weighted by Crippen LogP contribution is 2.44. The Kier molecular flexibility index (Phi) is 19.2. The van der Waals surface area contributed by atoms with Gasteiger partial charge in [-0.05, 0) is 190 Å². The first-order chi connectivity index (χ1) is 59.3. The second-order valence-corrected chi connectivity index (χ2v) is 29.2. The number of amides is 2. The summed E-state index contributed by atoms with van der Waals surface area (Å²) in [6, 6.07) is 109. The number of fused-ring (bicyclic) bond motifs is 16. The highest BCUT2D eigenvalue weighted by Gasteiger charge is 2.26. The zero-order valence-corrected chi connectivity index (χ0v) is 64.6. The van der Waals surface area contributed by atoms with E-state index in [1.54, 1.807) is 36.4 Å². The molecule has 20 rings (SSSR count). The summed E-state index contributed by atoms with van der Waals surface area (Å²) in [5.74, 6) is 12.0. The number of carbonyl (C=O) groups excluding carboxylic acids is 2. The van der Waals surface area contributed by atoms with Gasteiger partial charge in [0.2, 0.25) is 0 Å². The molecule has 0 saturated carbocycles. The number of carbonyl (C=O) groups is 2. The van der Waals surface area contributed by atoms with Gasteiger partial charge in [0.1, 0.15) is 0 Å². The third kappa shape index (κ3) is 14.3. The number of rotatable bonds is 12. The van der Waals surface area contributed by atoms with Crippen molar-refractivity contribution in [3.05, 3.63) is 408 Å². The van der Waals surface area contributed by atoms with E-state index in [1.807, 2.05) is 182 Å². The molecule has 2 amide bonds. The van der Waals surface area contributed by atoms with Crippen molar-refractivity contribution >= 4 is 116 Å². The summed E-state index contributed by atoms with van der Waals surface area (Å²) >= 11 is 0. The molecule has 120 heavy (non-hydrogen) atoms. The molecule has 0 radical (unpaired) electrons. The lowest BCUT2D eigenvalue weighted by Crippen LogP contribution is -2.11. The number of nitrogens with one attached hydrogen (secondary N) is 6. The fourth-order valence-corrected chi connectivity index (χ4v) is 16.2. The number of benzene rings is 10. The van der Waals surface area contributed by atoms with Crippen LogP contribution in [0.5, 0.6) is 0 Å². The molecule has 564 valence electrons. The van der Waals surface area contributed by atoms with Gasteiger partial charge in [0.15, 0.2) is 0 Å². The lowest BCUT2D eigenvalue weighted by Gasteiger charge is -2.09. The molecule has 12 heteroatoms. The molecule has 0 saturated heterocycles. The van der Waals surface area contributed by atoms with E-state index in [9.17, 15) is 9.59 Å². The number of hydrogen-bond donors (Lipinski definition) is 6. The minimum absolute atomic E-state index is 0.316. The van der Waals surface area contributed by atoms with Crippen molar-refractivity contribution in [2.45, 2.75) is 0 Å². The fourth-order valence-electron chi connectivity index (χ4n) is 16.2. The first-order valence-corrected chi connectivity index (χ1v) is 39.7. The maximum atomic E-state index is 14.9. The molecule has 6 aromatic heterocycles. The van der Waals surface area contributed by atoms with Crippen LogP contribution in [-0.4, -0.2) is 51.7 Å². The van der Waals surface area contributed by atoms with E-state index < -0.39 is 0 Å². The summed E-state index contributed by atoms with van der Waals surface area (Å²) in [7, 11) is 0. The van der Waals surface area contributed by atoms with Crippen molar-refractivity contribution in [2.75, 3.05) is 10.6 Å². The van der Waals surface area contributed by atoms with Crippen molar-refractivity contribution in [1.82, 2.24) is 39.9 Å². The Balaban J connectivity index is 0.610. The lowest BCUT2D eigenvalue weighted by molar-refractivity contribution is 0.101. The molecule has 4 aliphatic heterocycles. The summed E-state index contributed by atoms with van der Waals surface area (Å²) in [5.41, 5.74) is 30.6. The standard InChI is InChI=1S/C108H70N10O2/c119-107(117-95-67-93-101(75-39-21-7-22-40-75)89-61-59-85(111-89)97(71-31-13-3-14-32-71)81-55-57-83(109-81)99(73-35-17-5-18-36-73)87-63-65-91(113-87)103(105(95)115-93)77-43-25-9-26-44-77)79-51-47-69(48-52-79)29-11-1-2-12-30-70-49-53-80(54-50-70)108(120)118-96-68-94-102(76-41-23-8-24-42-76)90-62-60-86(112-90)98(72-33-15-4-16-34-72)82-56-58-84(110-82)100(74-37-19-6-20-38-74)88-64-66-92(114-88)104(106(96)116-94)78-45-27-10-28-46-78/h1-10,13-28,31-68,109-110,115-116H,(H,117,119)(H,118,120)/b2-1-,97-81?,97-85?,98-82?,98-86?,99-83?,99-87?,100-84?,100-88?,101-89?,101-93?,102-90?,102-94?,103-91?,104-92?,105-103?,106-104?. The average Bonchev–Trinajstić information content (AvgIpc) is 1.61. The first-order valence-electron chi connectivity index (χ1n) is 39.7. The molecule has 0 atom stereocenters. The van der Waals surface area contributed by atoms with Crippen LogP contribution < -0.4 is 10.6 Å². The fraction of sp³-hybridized carbons (Fsp3) is 0. The highest BCUT2D eigenvalue weighted by atomic mass is 16.2. The van der Waals surface area contributed by atoms with Gasteiger partial charge in [-0.2, -0.15) is 0 Å². The van der Waals surface area contributed by atoms with Crippen LogP contribution in [0.25, 0.3) is 182 Å². The van der Waals surface area contributed by atoms with Gasteiger partial charge < -0.3 is 30.6 Å². The summed E-state index contributed by atoms with van der Waals surface area (Å²) in [6.45, 7) is 0. The van der Waals surface area contributed by atoms with E-state index in [0.717, 1.165) is 156 Å². The van der Waals surface area contributed by atoms with Crippen molar-refractivity contribution in [2.24, 2.45) is 0 Å². The second kappa shape index (κ2) is 31.9. The summed E-state index contributed by atoms with van der Waals surface area (Å²) < 4.78 is 0. The largest absolute Gasteiger partial charge is 0.354 e. The van der Waals surface area contributed by atoms with Crippen LogP contribution in [-0.2, 0) is 0 Å². The summed E-state index contributed by atoms with van der Waals surface area (Å²) in [5, 5.41) is 6.71. The number of aromatic nitrogens is 8. The minimum atomic E-state index is -0.316. The quantitative estimate of drug-likeness (QED) is 0.0665. The summed E-state index contributed by atoms with van der Waals surface area (Å²) in [6.07, 6.45) is 20.0. The Morgan fingerprint density at radius 2 is 0.458 bits per heavy atom. The zero-order chi connectivity index (χ0) is 80.2. The van der Waals surface area contributed by atoms with Crippen LogP contribution in [0.4, 0.5) is 11.4 Å². The molecule has 0 spiro atoms. The van der Waals surface area contributed by atoms with Crippen molar-refractivity contribution < 1.29 is 9.59 Å².